The molecule has 0 spiro atoms. The van der Waals surface area contributed by atoms with Gasteiger partial charge in [-0.15, -0.1) is 0 Å². The molecule has 1 heterocycles. The van der Waals surface area contributed by atoms with E-state index in [1.807, 2.05) is 45.0 Å². The van der Waals surface area contributed by atoms with Crippen molar-refractivity contribution in [3.63, 3.8) is 0 Å². The number of guanidine groups is 1. The summed E-state index contributed by atoms with van der Waals surface area (Å²) in [7, 11) is 1.64. The van der Waals surface area contributed by atoms with E-state index in [0.717, 1.165) is 16.8 Å². The van der Waals surface area contributed by atoms with E-state index < -0.39 is 5.54 Å². The van der Waals surface area contributed by atoms with E-state index in [4.69, 9.17) is 5.73 Å². The van der Waals surface area contributed by atoms with Crippen LogP contribution in [0.5, 0.6) is 0 Å². The Bertz CT molecular complexity index is 914. The topological polar surface area (TPSA) is 83.4 Å². The van der Waals surface area contributed by atoms with Crippen molar-refractivity contribution < 1.29 is 4.79 Å². The number of carbonyl (C=O) groups is 1. The van der Waals surface area contributed by atoms with Crippen molar-refractivity contribution in [2.45, 2.75) is 33.2 Å². The highest BCUT2D eigenvalue weighted by atomic mass is 16.2. The molecular weight excluding hydrogens is 338 g/mol. The molecule has 6 heteroatoms. The highest BCUT2D eigenvalue weighted by molar-refractivity contribution is 6.07. The van der Waals surface area contributed by atoms with Gasteiger partial charge in [0.05, 0.1) is 6.20 Å². The Morgan fingerprint density at radius 2 is 2.15 bits per heavy atom. The van der Waals surface area contributed by atoms with Crippen LogP contribution in [0.15, 0.2) is 51.1 Å². The van der Waals surface area contributed by atoms with Crippen LogP contribution in [0.2, 0.25) is 0 Å². The molecule has 1 aromatic rings. The van der Waals surface area contributed by atoms with Crippen LogP contribution in [0.4, 0.5) is 0 Å². The number of rotatable bonds is 5. The van der Waals surface area contributed by atoms with Crippen LogP contribution in [0.1, 0.15) is 38.8 Å². The molecule has 0 fully saturated rings. The SMILES string of the molecule is C=N/C=C(/C#CC)N=C(C)c1cccc(C2(C(C)C)N=C(N)N(C)C2=O)c1. The fourth-order valence-electron chi connectivity index (χ4n) is 3.09. The average molecular weight is 363 g/mol. The molecule has 0 saturated heterocycles. The number of aliphatic imine (C=N–C) groups is 3. The van der Waals surface area contributed by atoms with Crippen molar-refractivity contribution >= 4 is 24.3 Å². The smallest absolute Gasteiger partial charge is 0.261 e. The monoisotopic (exact) mass is 363 g/mol. The lowest BCUT2D eigenvalue weighted by Crippen LogP contribution is -2.43. The molecule has 0 saturated carbocycles. The zero-order valence-corrected chi connectivity index (χ0v) is 16.4. The van der Waals surface area contributed by atoms with E-state index in [1.165, 1.54) is 11.1 Å². The first-order valence-electron chi connectivity index (χ1n) is 8.66. The second-order valence-corrected chi connectivity index (χ2v) is 6.61. The minimum absolute atomic E-state index is 0.0626. The zero-order valence-electron chi connectivity index (χ0n) is 16.4. The largest absolute Gasteiger partial charge is 0.369 e. The Morgan fingerprint density at radius 3 is 2.67 bits per heavy atom. The van der Waals surface area contributed by atoms with Gasteiger partial charge in [-0.05, 0) is 49.6 Å². The molecule has 0 aromatic heterocycles. The molecule has 0 bridgehead atoms. The number of benzene rings is 1. The predicted molar refractivity (Wildman–Crippen MR) is 111 cm³/mol. The fourth-order valence-corrected chi connectivity index (χ4v) is 3.09. The predicted octanol–water partition coefficient (Wildman–Crippen LogP) is 2.70. The number of carbonyl (C=O) groups excluding carboxylic acids is 1. The van der Waals surface area contributed by atoms with Gasteiger partial charge < -0.3 is 5.73 Å². The highest BCUT2D eigenvalue weighted by Gasteiger charge is 2.50. The number of hydrogen-bond acceptors (Lipinski definition) is 5. The molecule has 6 nitrogen and oxygen atoms in total. The van der Waals surface area contributed by atoms with Crippen LogP contribution < -0.4 is 5.73 Å². The van der Waals surface area contributed by atoms with Gasteiger partial charge in [-0.25, -0.2) is 9.98 Å². The van der Waals surface area contributed by atoms with E-state index >= 15 is 0 Å². The summed E-state index contributed by atoms with van der Waals surface area (Å²) in [6.45, 7) is 11.0. The van der Waals surface area contributed by atoms with Crippen LogP contribution in [0.3, 0.4) is 0 Å². The molecule has 1 aliphatic heterocycles. The summed E-state index contributed by atoms with van der Waals surface area (Å²) >= 11 is 0. The quantitative estimate of drug-likeness (QED) is 0.644. The van der Waals surface area contributed by atoms with Gasteiger partial charge in [-0.2, -0.15) is 0 Å². The normalized spacial score (nSPS) is 20.4. The Balaban J connectivity index is 2.57. The lowest BCUT2D eigenvalue weighted by molar-refractivity contribution is -0.132. The molecule has 1 aliphatic rings. The number of nitrogens with zero attached hydrogens (tertiary/aromatic N) is 4. The third-order valence-electron chi connectivity index (χ3n) is 4.58. The number of amides is 1. The van der Waals surface area contributed by atoms with Crippen molar-refractivity contribution in [3.05, 3.63) is 47.3 Å². The Kier molecular flexibility index (Phi) is 5.96. The summed E-state index contributed by atoms with van der Waals surface area (Å²) in [5.74, 6) is 5.73. The van der Waals surface area contributed by atoms with Crippen LogP contribution in [-0.2, 0) is 10.3 Å². The van der Waals surface area contributed by atoms with E-state index in [-0.39, 0.29) is 17.8 Å². The van der Waals surface area contributed by atoms with E-state index in [9.17, 15) is 4.79 Å². The minimum Gasteiger partial charge on any atom is -0.369 e. The van der Waals surface area contributed by atoms with E-state index in [0.29, 0.717) is 5.70 Å². The summed E-state index contributed by atoms with van der Waals surface area (Å²) in [4.78, 5) is 27.2. The maximum Gasteiger partial charge on any atom is 0.261 e. The first-order chi connectivity index (χ1) is 12.8. The van der Waals surface area contributed by atoms with Crippen LogP contribution in [0, 0.1) is 17.8 Å². The standard InChI is InChI=1S/C21H25N5O/c1-7-9-18(13-23-5)24-15(4)16-10-8-11-17(12-16)21(14(2)3)19(27)26(6)20(22)25-21/h8,10-14H,5H2,1-4,6H3,(H2,22,25)/b18-13-,24-15?. The van der Waals surface area contributed by atoms with Crippen molar-refractivity contribution in [1.82, 2.24) is 4.90 Å². The fraction of sp³-hybridized carbons (Fsp3) is 0.333. The van der Waals surface area contributed by atoms with Crippen molar-refractivity contribution in [2.75, 3.05) is 7.05 Å². The van der Waals surface area contributed by atoms with E-state index in [1.54, 1.807) is 14.0 Å². The number of allylic oxidation sites excluding steroid dienone is 1. The Labute approximate surface area is 160 Å². The van der Waals surface area contributed by atoms with Gasteiger partial charge >= 0.3 is 0 Å². The average Bonchev–Trinajstić information content (AvgIpc) is 2.87. The first-order valence-corrected chi connectivity index (χ1v) is 8.66. The molecule has 0 radical (unpaired) electrons. The summed E-state index contributed by atoms with van der Waals surface area (Å²) in [5, 5.41) is 0. The second kappa shape index (κ2) is 8.00. The van der Waals surface area contributed by atoms with Crippen LogP contribution in [-0.4, -0.2) is 36.2 Å². The van der Waals surface area contributed by atoms with Gasteiger partial charge in [0.2, 0.25) is 0 Å². The van der Waals surface area contributed by atoms with Crippen molar-refractivity contribution in [2.24, 2.45) is 26.6 Å². The third kappa shape index (κ3) is 3.68. The van der Waals surface area contributed by atoms with Crippen molar-refractivity contribution in [1.29, 1.82) is 0 Å². The van der Waals surface area contributed by atoms with Gasteiger partial charge in [0.15, 0.2) is 11.5 Å². The molecule has 27 heavy (non-hydrogen) atoms. The Hall–Kier alpha value is -3.20. The summed E-state index contributed by atoms with van der Waals surface area (Å²) in [5.41, 5.74) is 7.85. The number of likely N-dealkylation sites (N-methyl/N-ethyl adjacent to an activating group) is 1. The molecule has 2 N–H and O–H groups in total. The van der Waals surface area contributed by atoms with Gasteiger partial charge in [-0.3, -0.25) is 14.7 Å². The van der Waals surface area contributed by atoms with Gasteiger partial charge in [0.1, 0.15) is 5.70 Å². The maximum absolute atomic E-state index is 13.0. The molecule has 1 amide bonds. The molecule has 1 atom stereocenters. The van der Waals surface area contributed by atoms with Gasteiger partial charge in [-0.1, -0.05) is 38.0 Å². The summed E-state index contributed by atoms with van der Waals surface area (Å²) < 4.78 is 0. The summed E-state index contributed by atoms with van der Waals surface area (Å²) in [6.07, 6.45) is 1.51. The van der Waals surface area contributed by atoms with Crippen molar-refractivity contribution in [3.8, 4) is 11.8 Å². The maximum atomic E-state index is 13.0. The molecule has 1 aromatic carbocycles. The van der Waals surface area contributed by atoms with Crippen LogP contribution in [0.25, 0.3) is 0 Å². The molecule has 1 unspecified atom stereocenters. The first kappa shape index (κ1) is 20.1. The Morgan fingerprint density at radius 1 is 1.44 bits per heavy atom. The molecular formula is C21H25N5O. The minimum atomic E-state index is -1.03. The molecule has 140 valence electrons. The zero-order chi connectivity index (χ0) is 20.2. The number of nitrogens with two attached hydrogens (primary N) is 1. The van der Waals surface area contributed by atoms with Gasteiger partial charge in [0.25, 0.3) is 5.91 Å². The lowest BCUT2D eigenvalue weighted by atomic mass is 9.79. The molecule has 2 rings (SSSR count). The summed E-state index contributed by atoms with van der Waals surface area (Å²) in [6, 6.07) is 7.67. The second-order valence-electron chi connectivity index (χ2n) is 6.61. The lowest BCUT2D eigenvalue weighted by Gasteiger charge is -2.29. The van der Waals surface area contributed by atoms with Crippen LogP contribution >= 0.6 is 0 Å². The van der Waals surface area contributed by atoms with Gasteiger partial charge in [0, 0.05) is 12.8 Å². The number of hydrogen-bond donors (Lipinski definition) is 1. The van der Waals surface area contributed by atoms with E-state index in [2.05, 4.69) is 33.5 Å². The highest BCUT2D eigenvalue weighted by Crippen LogP contribution is 2.39. The third-order valence-corrected chi connectivity index (χ3v) is 4.58. The molecule has 0 aliphatic carbocycles.